The van der Waals surface area contributed by atoms with Gasteiger partial charge in [0.25, 0.3) is 6.47 Å². The number of rotatable bonds is 12. The molecule has 0 heterocycles. The summed E-state index contributed by atoms with van der Waals surface area (Å²) in [6.07, 6.45) is 8.61. The highest BCUT2D eigenvalue weighted by atomic mass is 16.5. The Kier molecular flexibility index (Phi) is 6.63. The van der Waals surface area contributed by atoms with E-state index in [0.29, 0.717) is 12.9 Å². The van der Waals surface area contributed by atoms with Gasteiger partial charge < -0.3 is 9.84 Å². The fraction of sp³-hybridized carbons (Fsp3) is 0.619. The van der Waals surface area contributed by atoms with Crippen molar-refractivity contribution in [1.82, 2.24) is 0 Å². The summed E-state index contributed by atoms with van der Waals surface area (Å²) in [4.78, 5) is 21.6. The van der Waals surface area contributed by atoms with Crippen LogP contribution >= 0.6 is 0 Å². The molecule has 0 saturated heterocycles. The van der Waals surface area contributed by atoms with Gasteiger partial charge in [0.05, 0.1) is 5.41 Å². The predicted molar refractivity (Wildman–Crippen MR) is 97.5 cm³/mol. The molecule has 138 valence electrons. The Morgan fingerprint density at radius 3 is 2.40 bits per heavy atom. The molecule has 1 aromatic carbocycles. The lowest BCUT2D eigenvalue weighted by Crippen LogP contribution is -2.23. The van der Waals surface area contributed by atoms with Crippen LogP contribution in [0.2, 0.25) is 0 Å². The third-order valence-electron chi connectivity index (χ3n) is 5.29. The van der Waals surface area contributed by atoms with E-state index in [9.17, 15) is 9.59 Å². The maximum Gasteiger partial charge on any atom is 0.309 e. The van der Waals surface area contributed by atoms with Crippen molar-refractivity contribution in [2.75, 3.05) is 0 Å². The minimum atomic E-state index is -0.721. The van der Waals surface area contributed by atoms with Crippen molar-refractivity contribution in [2.24, 2.45) is 5.41 Å². The number of aryl methyl sites for hydroxylation is 2. The molecule has 1 aliphatic carbocycles. The van der Waals surface area contributed by atoms with Crippen molar-refractivity contribution < 1.29 is 19.4 Å². The van der Waals surface area contributed by atoms with Crippen LogP contribution in [0.4, 0.5) is 0 Å². The molecule has 4 nitrogen and oxygen atoms in total. The van der Waals surface area contributed by atoms with E-state index >= 15 is 0 Å². The number of aliphatic carboxylic acids is 1. The number of benzene rings is 1. The highest BCUT2D eigenvalue weighted by molar-refractivity contribution is 5.73. The average molecular weight is 346 g/mol. The molecule has 0 unspecified atom stereocenters. The Bertz CT molecular complexity index is 587. The van der Waals surface area contributed by atoms with Crippen molar-refractivity contribution in [2.45, 2.75) is 77.2 Å². The van der Waals surface area contributed by atoms with Gasteiger partial charge in [-0.05, 0) is 76.3 Å². The lowest BCUT2D eigenvalue weighted by Gasteiger charge is -2.18. The predicted octanol–water partition coefficient (Wildman–Crippen LogP) is 4.54. The summed E-state index contributed by atoms with van der Waals surface area (Å²) in [6, 6.07) is 8.64. The van der Waals surface area contributed by atoms with Gasteiger partial charge in [-0.3, -0.25) is 9.59 Å². The van der Waals surface area contributed by atoms with E-state index in [2.05, 4.69) is 24.3 Å². The Morgan fingerprint density at radius 1 is 1.20 bits per heavy atom. The summed E-state index contributed by atoms with van der Waals surface area (Å²) in [5.74, 6) is -0.721. The van der Waals surface area contributed by atoms with Gasteiger partial charge in [0.2, 0.25) is 0 Å². The maximum atomic E-state index is 11.1. The first kappa shape index (κ1) is 19.5. The van der Waals surface area contributed by atoms with Gasteiger partial charge >= 0.3 is 5.97 Å². The monoisotopic (exact) mass is 346 g/mol. The fourth-order valence-electron chi connectivity index (χ4n) is 3.23. The molecular weight excluding hydrogens is 316 g/mol. The highest BCUT2D eigenvalue weighted by Crippen LogP contribution is 2.43. The van der Waals surface area contributed by atoms with E-state index in [1.165, 1.54) is 11.1 Å². The first-order valence-electron chi connectivity index (χ1n) is 9.30. The summed E-state index contributed by atoms with van der Waals surface area (Å²) < 4.78 is 5.19. The lowest BCUT2D eigenvalue weighted by atomic mass is 9.87. The molecular formula is C21H30O4. The van der Waals surface area contributed by atoms with E-state index < -0.39 is 11.4 Å². The first-order valence-corrected chi connectivity index (χ1v) is 9.30. The molecule has 4 heteroatoms. The van der Waals surface area contributed by atoms with Crippen LogP contribution in [-0.2, 0) is 27.2 Å². The van der Waals surface area contributed by atoms with Crippen molar-refractivity contribution in [3.05, 3.63) is 35.4 Å². The first-order chi connectivity index (χ1) is 11.9. The Balaban J connectivity index is 1.71. The number of carboxylic acids is 1. The second-order valence-electron chi connectivity index (χ2n) is 7.97. The molecule has 0 radical (unpaired) electrons. The van der Waals surface area contributed by atoms with Crippen LogP contribution in [0.1, 0.15) is 69.9 Å². The van der Waals surface area contributed by atoms with Crippen molar-refractivity contribution in [1.29, 1.82) is 0 Å². The zero-order chi connectivity index (χ0) is 18.3. The number of hydrogen-bond donors (Lipinski definition) is 1. The van der Waals surface area contributed by atoms with E-state index in [0.717, 1.165) is 51.4 Å². The molecule has 0 spiro atoms. The summed E-state index contributed by atoms with van der Waals surface area (Å²) >= 11 is 0. The van der Waals surface area contributed by atoms with Gasteiger partial charge in [0.15, 0.2) is 0 Å². The number of ether oxygens (including phenoxy) is 1. The number of hydrogen-bond acceptors (Lipinski definition) is 3. The SMILES string of the molecule is CC(C)(CCCCc1cccc(CCCC2(OC=O)CC2)c1)C(=O)O. The maximum absolute atomic E-state index is 11.1. The summed E-state index contributed by atoms with van der Waals surface area (Å²) in [7, 11) is 0. The molecule has 0 amide bonds. The van der Waals surface area contributed by atoms with Gasteiger partial charge in [0, 0.05) is 0 Å². The van der Waals surface area contributed by atoms with E-state index in [1.807, 2.05) is 0 Å². The van der Waals surface area contributed by atoms with Crippen LogP contribution in [-0.4, -0.2) is 23.1 Å². The van der Waals surface area contributed by atoms with Gasteiger partial charge in [0.1, 0.15) is 5.60 Å². The summed E-state index contributed by atoms with van der Waals surface area (Å²) in [5, 5.41) is 9.14. The normalized spacial score (nSPS) is 15.6. The van der Waals surface area contributed by atoms with E-state index in [-0.39, 0.29) is 5.60 Å². The van der Waals surface area contributed by atoms with Crippen LogP contribution in [0.25, 0.3) is 0 Å². The minimum Gasteiger partial charge on any atom is -0.481 e. The molecule has 0 aliphatic heterocycles. The van der Waals surface area contributed by atoms with Crippen LogP contribution in [0.5, 0.6) is 0 Å². The molecule has 0 bridgehead atoms. The number of carboxylic acid groups (broad SMARTS) is 1. The zero-order valence-corrected chi connectivity index (χ0v) is 15.4. The van der Waals surface area contributed by atoms with Crippen LogP contribution in [0, 0.1) is 5.41 Å². The van der Waals surface area contributed by atoms with Gasteiger partial charge in [-0.15, -0.1) is 0 Å². The van der Waals surface area contributed by atoms with Crippen LogP contribution in [0.3, 0.4) is 0 Å². The number of carbonyl (C=O) groups excluding carboxylic acids is 1. The molecule has 25 heavy (non-hydrogen) atoms. The smallest absolute Gasteiger partial charge is 0.309 e. The molecule has 0 atom stereocenters. The Hall–Kier alpha value is -1.84. The lowest BCUT2D eigenvalue weighted by molar-refractivity contribution is -0.147. The van der Waals surface area contributed by atoms with Crippen molar-refractivity contribution in [3.63, 3.8) is 0 Å². The molecule has 1 saturated carbocycles. The zero-order valence-electron chi connectivity index (χ0n) is 15.4. The van der Waals surface area contributed by atoms with Gasteiger partial charge in [-0.25, -0.2) is 0 Å². The molecule has 2 rings (SSSR count). The molecule has 0 aromatic heterocycles. The van der Waals surface area contributed by atoms with Crippen molar-refractivity contribution in [3.8, 4) is 0 Å². The van der Waals surface area contributed by atoms with Crippen LogP contribution < -0.4 is 0 Å². The summed E-state index contributed by atoms with van der Waals surface area (Å²) in [5.41, 5.74) is 1.85. The molecule has 1 N–H and O–H groups in total. The number of unbranched alkanes of at least 4 members (excludes halogenated alkanes) is 1. The third-order valence-corrected chi connectivity index (χ3v) is 5.29. The largest absolute Gasteiger partial charge is 0.481 e. The van der Waals surface area contributed by atoms with Gasteiger partial charge in [-0.2, -0.15) is 0 Å². The topological polar surface area (TPSA) is 63.6 Å². The second kappa shape index (κ2) is 8.50. The number of carbonyl (C=O) groups is 2. The third kappa shape index (κ3) is 6.18. The van der Waals surface area contributed by atoms with Crippen LogP contribution in [0.15, 0.2) is 24.3 Å². The fourth-order valence-corrected chi connectivity index (χ4v) is 3.23. The quantitative estimate of drug-likeness (QED) is 0.446. The molecule has 1 fully saturated rings. The van der Waals surface area contributed by atoms with Gasteiger partial charge in [-0.1, -0.05) is 30.7 Å². The molecule has 1 aliphatic rings. The van der Waals surface area contributed by atoms with Crippen molar-refractivity contribution >= 4 is 12.4 Å². The average Bonchev–Trinajstić information content (AvgIpc) is 3.32. The molecule has 1 aromatic rings. The highest BCUT2D eigenvalue weighted by Gasteiger charge is 2.44. The van der Waals surface area contributed by atoms with E-state index in [4.69, 9.17) is 9.84 Å². The standard InChI is InChI=1S/C21H30O4/c1-20(2,19(23)24)11-4-3-7-17-8-5-9-18(15-17)10-6-12-21(13-14-21)25-16-22/h5,8-9,15-16H,3-4,6-7,10-14H2,1-2H3,(H,23,24). The Labute approximate surface area is 150 Å². The van der Waals surface area contributed by atoms with E-state index in [1.54, 1.807) is 13.8 Å². The summed E-state index contributed by atoms with van der Waals surface area (Å²) in [6.45, 7) is 4.16. The minimum absolute atomic E-state index is 0.156. The second-order valence-corrected chi connectivity index (χ2v) is 7.97. The Morgan fingerprint density at radius 2 is 1.84 bits per heavy atom.